The summed E-state index contributed by atoms with van der Waals surface area (Å²) in [6, 6.07) is 4.26. The molecular formula is C14H15N5O4. The third-order valence-corrected chi connectivity index (χ3v) is 3.47. The second kappa shape index (κ2) is 5.95. The zero-order chi connectivity index (χ0) is 16.4. The first-order valence-electron chi connectivity index (χ1n) is 6.84. The number of nitrogens with zero attached hydrogens (tertiary/aromatic N) is 3. The summed E-state index contributed by atoms with van der Waals surface area (Å²) in [5.74, 6) is 0.627. The number of aromatic nitrogens is 3. The fraction of sp³-hybridized carbons (Fsp3) is 0.286. The first kappa shape index (κ1) is 14.8. The van der Waals surface area contributed by atoms with Crippen LogP contribution >= 0.6 is 0 Å². The quantitative estimate of drug-likeness (QED) is 0.864. The summed E-state index contributed by atoms with van der Waals surface area (Å²) in [6.45, 7) is 0. The molecule has 1 aromatic heterocycles. The van der Waals surface area contributed by atoms with Crippen molar-refractivity contribution in [1.82, 2.24) is 14.8 Å². The van der Waals surface area contributed by atoms with Gasteiger partial charge in [-0.15, -0.1) is 0 Å². The summed E-state index contributed by atoms with van der Waals surface area (Å²) in [5, 5.41) is 9.29. The van der Waals surface area contributed by atoms with Crippen LogP contribution in [0, 0.1) is 0 Å². The van der Waals surface area contributed by atoms with Crippen molar-refractivity contribution in [1.29, 1.82) is 0 Å². The number of hydrogen-bond acceptors (Lipinski definition) is 6. The van der Waals surface area contributed by atoms with E-state index in [2.05, 4.69) is 20.7 Å². The number of nitrogens with one attached hydrogen (secondary N) is 2. The van der Waals surface area contributed by atoms with Crippen LogP contribution in [0.3, 0.4) is 0 Å². The van der Waals surface area contributed by atoms with E-state index in [1.807, 2.05) is 0 Å². The van der Waals surface area contributed by atoms with Crippen LogP contribution in [0.1, 0.15) is 12.5 Å². The van der Waals surface area contributed by atoms with Gasteiger partial charge in [-0.2, -0.15) is 10.1 Å². The highest BCUT2D eigenvalue weighted by Crippen LogP contribution is 2.30. The van der Waals surface area contributed by atoms with E-state index in [-0.39, 0.29) is 18.3 Å². The molecular weight excluding hydrogens is 302 g/mol. The van der Waals surface area contributed by atoms with Gasteiger partial charge in [0.1, 0.15) is 23.9 Å². The molecule has 9 nitrogen and oxygen atoms in total. The molecule has 1 aromatic carbocycles. The highest BCUT2D eigenvalue weighted by molar-refractivity contribution is 6.01. The predicted octanol–water partition coefficient (Wildman–Crippen LogP) is 0.817. The monoisotopic (exact) mass is 317 g/mol. The number of ether oxygens (including phenoxy) is 2. The van der Waals surface area contributed by atoms with E-state index in [1.165, 1.54) is 25.2 Å². The van der Waals surface area contributed by atoms with Crippen LogP contribution in [0.5, 0.6) is 11.5 Å². The molecule has 2 N–H and O–H groups in total. The van der Waals surface area contributed by atoms with Crippen molar-refractivity contribution in [3.8, 4) is 11.5 Å². The molecule has 0 spiro atoms. The molecule has 1 atom stereocenters. The van der Waals surface area contributed by atoms with Crippen molar-refractivity contribution in [3.05, 3.63) is 24.5 Å². The van der Waals surface area contributed by atoms with Gasteiger partial charge in [-0.3, -0.25) is 14.9 Å². The maximum atomic E-state index is 12.6. The van der Waals surface area contributed by atoms with Gasteiger partial charge >= 0.3 is 0 Å². The summed E-state index contributed by atoms with van der Waals surface area (Å²) in [6.07, 6.45) is 1.27. The standard InChI is InChI=1S/C14H15N5O4/c1-22-8-3-4-11(23-2)9(5-8)17-13(21)10-6-12(20)18-14-15-7-16-19(10)14/h3-5,7,10H,6H2,1-2H3,(H,17,21)(H,15,16,18,20)/t10-/m0/s1. The molecule has 0 bridgehead atoms. The Morgan fingerprint density at radius 2 is 2.22 bits per heavy atom. The van der Waals surface area contributed by atoms with Crippen LogP contribution < -0.4 is 20.1 Å². The maximum Gasteiger partial charge on any atom is 0.250 e. The molecule has 2 heterocycles. The second-order valence-corrected chi connectivity index (χ2v) is 4.85. The van der Waals surface area contributed by atoms with Crippen LogP contribution in [0.4, 0.5) is 11.6 Å². The van der Waals surface area contributed by atoms with Crippen LogP contribution in [-0.4, -0.2) is 40.8 Å². The number of benzene rings is 1. The minimum Gasteiger partial charge on any atom is -0.497 e. The van der Waals surface area contributed by atoms with Gasteiger partial charge in [-0.1, -0.05) is 0 Å². The Morgan fingerprint density at radius 3 is 2.96 bits per heavy atom. The predicted molar refractivity (Wildman–Crippen MR) is 80.5 cm³/mol. The molecule has 0 unspecified atom stereocenters. The Kier molecular flexibility index (Phi) is 3.83. The van der Waals surface area contributed by atoms with Crippen LogP contribution in [0.25, 0.3) is 0 Å². The van der Waals surface area contributed by atoms with Crippen molar-refractivity contribution < 1.29 is 19.1 Å². The number of hydrogen-bond donors (Lipinski definition) is 2. The van der Waals surface area contributed by atoms with Crippen molar-refractivity contribution >= 4 is 23.5 Å². The molecule has 1 aliphatic rings. The second-order valence-electron chi connectivity index (χ2n) is 4.85. The van der Waals surface area contributed by atoms with Crippen molar-refractivity contribution in [3.63, 3.8) is 0 Å². The van der Waals surface area contributed by atoms with Gasteiger partial charge in [0.2, 0.25) is 17.8 Å². The molecule has 9 heteroatoms. The summed E-state index contributed by atoms with van der Waals surface area (Å²) >= 11 is 0. The minimum atomic E-state index is -0.780. The Bertz CT molecular complexity index is 757. The fourth-order valence-electron chi connectivity index (χ4n) is 2.34. The molecule has 23 heavy (non-hydrogen) atoms. The number of amides is 2. The fourth-order valence-corrected chi connectivity index (χ4v) is 2.34. The zero-order valence-electron chi connectivity index (χ0n) is 12.6. The molecule has 2 amide bonds. The summed E-state index contributed by atoms with van der Waals surface area (Å²) in [5.41, 5.74) is 0.449. The van der Waals surface area contributed by atoms with Crippen LogP contribution in [0.2, 0.25) is 0 Å². The average Bonchev–Trinajstić information content (AvgIpc) is 3.01. The van der Waals surface area contributed by atoms with Crippen molar-refractivity contribution in [2.24, 2.45) is 0 Å². The summed E-state index contributed by atoms with van der Waals surface area (Å²) < 4.78 is 11.7. The minimum absolute atomic E-state index is 0.0194. The van der Waals surface area contributed by atoms with E-state index in [9.17, 15) is 9.59 Å². The average molecular weight is 317 g/mol. The Morgan fingerprint density at radius 1 is 1.39 bits per heavy atom. The first-order valence-corrected chi connectivity index (χ1v) is 6.84. The lowest BCUT2D eigenvalue weighted by molar-refractivity contribution is -0.125. The van der Waals surface area contributed by atoms with E-state index in [0.717, 1.165) is 0 Å². The zero-order valence-corrected chi connectivity index (χ0v) is 12.6. The topological polar surface area (TPSA) is 107 Å². The number of fused-ring (bicyclic) bond motifs is 1. The van der Waals surface area contributed by atoms with Gasteiger partial charge in [0.25, 0.3) is 0 Å². The van der Waals surface area contributed by atoms with E-state index in [1.54, 1.807) is 18.2 Å². The lowest BCUT2D eigenvalue weighted by atomic mass is 10.1. The Balaban J connectivity index is 1.87. The molecule has 0 aliphatic carbocycles. The van der Waals surface area contributed by atoms with Gasteiger partial charge in [0.15, 0.2) is 0 Å². The molecule has 2 aromatic rings. The number of carbonyl (C=O) groups excluding carboxylic acids is 2. The Hall–Kier alpha value is -3.10. The molecule has 3 rings (SSSR count). The molecule has 0 fully saturated rings. The third-order valence-electron chi connectivity index (χ3n) is 3.47. The molecule has 120 valence electrons. The van der Waals surface area contributed by atoms with Gasteiger partial charge in [-0.05, 0) is 12.1 Å². The highest BCUT2D eigenvalue weighted by Gasteiger charge is 2.32. The van der Waals surface area contributed by atoms with Crippen LogP contribution in [0.15, 0.2) is 24.5 Å². The smallest absolute Gasteiger partial charge is 0.250 e. The largest absolute Gasteiger partial charge is 0.497 e. The normalized spacial score (nSPS) is 16.3. The molecule has 0 saturated carbocycles. The number of anilines is 2. The van der Waals surface area contributed by atoms with Gasteiger partial charge in [-0.25, -0.2) is 4.68 Å². The van der Waals surface area contributed by atoms with Crippen molar-refractivity contribution in [2.45, 2.75) is 12.5 Å². The first-order chi connectivity index (χ1) is 11.1. The summed E-state index contributed by atoms with van der Waals surface area (Å²) in [7, 11) is 3.03. The lowest BCUT2D eigenvalue weighted by Gasteiger charge is -2.23. The Labute approximate surface area is 131 Å². The summed E-state index contributed by atoms with van der Waals surface area (Å²) in [4.78, 5) is 28.2. The van der Waals surface area contributed by atoms with Gasteiger partial charge < -0.3 is 14.8 Å². The number of methoxy groups -OCH3 is 2. The molecule has 1 aliphatic heterocycles. The van der Waals surface area contributed by atoms with E-state index < -0.39 is 11.9 Å². The van der Waals surface area contributed by atoms with Crippen LogP contribution in [-0.2, 0) is 9.59 Å². The molecule has 0 saturated heterocycles. The number of rotatable bonds is 4. The molecule has 0 radical (unpaired) electrons. The van der Waals surface area contributed by atoms with E-state index in [4.69, 9.17) is 9.47 Å². The SMILES string of the molecule is COc1ccc(OC)c(NC(=O)[C@@H]2CC(=O)Nc3ncnn32)c1. The van der Waals surface area contributed by atoms with Crippen molar-refractivity contribution in [2.75, 3.05) is 24.9 Å². The maximum absolute atomic E-state index is 12.6. The van der Waals surface area contributed by atoms with E-state index in [0.29, 0.717) is 17.2 Å². The van der Waals surface area contributed by atoms with Gasteiger partial charge in [0.05, 0.1) is 26.3 Å². The lowest BCUT2D eigenvalue weighted by Crippen LogP contribution is -2.36. The number of carbonyl (C=O) groups is 2. The highest BCUT2D eigenvalue weighted by atomic mass is 16.5. The third kappa shape index (κ3) is 2.80. The van der Waals surface area contributed by atoms with Gasteiger partial charge in [0, 0.05) is 6.07 Å². The van der Waals surface area contributed by atoms with E-state index >= 15 is 0 Å².